The third kappa shape index (κ3) is 3.61. The molecule has 1 aliphatic rings. The van der Waals surface area contributed by atoms with Gasteiger partial charge in [0.15, 0.2) is 0 Å². The molecule has 0 bridgehead atoms. The second-order valence-corrected chi connectivity index (χ2v) is 9.16. The summed E-state index contributed by atoms with van der Waals surface area (Å²) in [5.41, 5.74) is 0.916. The van der Waals surface area contributed by atoms with Crippen LogP contribution in [-0.4, -0.2) is 20.1 Å². The SMILES string of the molecule is Cc1cc(S(=O)(=O)NCC2(C)CCCCC2)sc1CO. The summed E-state index contributed by atoms with van der Waals surface area (Å²) in [6, 6.07) is 1.64. The molecular formula is C14H23NO3S2. The van der Waals surface area contributed by atoms with E-state index in [1.54, 1.807) is 6.07 Å². The molecule has 114 valence electrons. The summed E-state index contributed by atoms with van der Waals surface area (Å²) in [5.74, 6) is 0. The Kier molecular flexibility index (Phi) is 4.89. The van der Waals surface area contributed by atoms with Crippen LogP contribution in [0.2, 0.25) is 0 Å². The molecule has 1 fully saturated rings. The van der Waals surface area contributed by atoms with Gasteiger partial charge in [0.25, 0.3) is 0 Å². The lowest BCUT2D eigenvalue weighted by molar-refractivity contribution is 0.219. The molecule has 0 aromatic carbocycles. The van der Waals surface area contributed by atoms with Crippen molar-refractivity contribution in [1.29, 1.82) is 0 Å². The number of aryl methyl sites for hydroxylation is 1. The number of thiophene rings is 1. The Labute approximate surface area is 125 Å². The molecule has 0 atom stereocenters. The van der Waals surface area contributed by atoms with Crippen molar-refractivity contribution >= 4 is 21.4 Å². The normalized spacial score (nSPS) is 19.1. The Morgan fingerprint density at radius 2 is 2.00 bits per heavy atom. The van der Waals surface area contributed by atoms with Gasteiger partial charge in [0.1, 0.15) is 4.21 Å². The monoisotopic (exact) mass is 317 g/mol. The Morgan fingerprint density at radius 1 is 1.35 bits per heavy atom. The number of rotatable bonds is 5. The summed E-state index contributed by atoms with van der Waals surface area (Å²) in [6.07, 6.45) is 5.80. The van der Waals surface area contributed by atoms with Crippen LogP contribution in [0.5, 0.6) is 0 Å². The van der Waals surface area contributed by atoms with Crippen molar-refractivity contribution in [2.24, 2.45) is 5.41 Å². The zero-order valence-corrected chi connectivity index (χ0v) is 13.7. The molecule has 1 heterocycles. The van der Waals surface area contributed by atoms with Crippen molar-refractivity contribution in [2.45, 2.75) is 56.8 Å². The largest absolute Gasteiger partial charge is 0.391 e. The first-order valence-corrected chi connectivity index (χ1v) is 9.36. The molecule has 0 saturated heterocycles. The molecule has 6 heteroatoms. The number of hydrogen-bond donors (Lipinski definition) is 2. The second-order valence-electron chi connectivity index (χ2n) is 6.03. The van der Waals surface area contributed by atoms with E-state index in [9.17, 15) is 8.42 Å². The average molecular weight is 317 g/mol. The van der Waals surface area contributed by atoms with Crippen LogP contribution in [0, 0.1) is 12.3 Å². The van der Waals surface area contributed by atoms with Gasteiger partial charge in [-0.05, 0) is 36.8 Å². The van der Waals surface area contributed by atoms with Crippen molar-refractivity contribution in [3.8, 4) is 0 Å². The minimum absolute atomic E-state index is 0.0808. The van der Waals surface area contributed by atoms with Gasteiger partial charge >= 0.3 is 0 Å². The molecule has 1 aliphatic carbocycles. The number of nitrogens with one attached hydrogen (secondary N) is 1. The molecule has 1 aromatic rings. The fourth-order valence-corrected chi connectivity index (χ4v) is 5.39. The fourth-order valence-electron chi connectivity index (χ4n) is 2.70. The highest BCUT2D eigenvalue weighted by atomic mass is 32.2. The van der Waals surface area contributed by atoms with E-state index in [1.165, 1.54) is 19.3 Å². The first kappa shape index (κ1) is 15.9. The highest BCUT2D eigenvalue weighted by Gasteiger charge is 2.29. The standard InChI is InChI=1S/C14H23NO3S2/c1-11-8-13(19-12(11)9-16)20(17,18)15-10-14(2)6-4-3-5-7-14/h8,15-16H,3-7,9-10H2,1-2H3. The summed E-state index contributed by atoms with van der Waals surface area (Å²) in [5, 5.41) is 9.17. The van der Waals surface area contributed by atoms with Gasteiger partial charge in [-0.25, -0.2) is 13.1 Å². The molecule has 0 radical (unpaired) electrons. The number of hydrogen-bond acceptors (Lipinski definition) is 4. The molecule has 20 heavy (non-hydrogen) atoms. The zero-order valence-electron chi connectivity index (χ0n) is 12.1. The van der Waals surface area contributed by atoms with Crippen LogP contribution >= 0.6 is 11.3 Å². The summed E-state index contributed by atoms with van der Waals surface area (Å²) in [4.78, 5) is 0.717. The van der Waals surface area contributed by atoms with Crippen LogP contribution < -0.4 is 4.72 Å². The van der Waals surface area contributed by atoms with Gasteiger partial charge < -0.3 is 5.11 Å². The van der Waals surface area contributed by atoms with E-state index in [0.29, 0.717) is 15.6 Å². The predicted octanol–water partition coefficient (Wildman–Crippen LogP) is 2.80. The topological polar surface area (TPSA) is 66.4 Å². The highest BCUT2D eigenvalue weighted by molar-refractivity contribution is 7.91. The van der Waals surface area contributed by atoms with E-state index >= 15 is 0 Å². The van der Waals surface area contributed by atoms with Crippen LogP contribution in [-0.2, 0) is 16.6 Å². The van der Waals surface area contributed by atoms with E-state index in [4.69, 9.17) is 5.11 Å². The Hall–Kier alpha value is -0.430. The third-order valence-electron chi connectivity index (χ3n) is 4.16. The van der Waals surface area contributed by atoms with Crippen molar-refractivity contribution in [2.75, 3.05) is 6.54 Å². The lowest BCUT2D eigenvalue weighted by Gasteiger charge is -2.33. The summed E-state index contributed by atoms with van der Waals surface area (Å²) < 4.78 is 27.7. The van der Waals surface area contributed by atoms with Gasteiger partial charge in [-0.1, -0.05) is 26.2 Å². The number of aliphatic hydroxyl groups excluding tert-OH is 1. The van der Waals surface area contributed by atoms with Crippen LogP contribution in [0.4, 0.5) is 0 Å². The van der Waals surface area contributed by atoms with E-state index in [-0.39, 0.29) is 12.0 Å². The van der Waals surface area contributed by atoms with Gasteiger partial charge in [-0.2, -0.15) is 0 Å². The smallest absolute Gasteiger partial charge is 0.250 e. The number of sulfonamides is 1. The van der Waals surface area contributed by atoms with Crippen molar-refractivity contribution in [3.63, 3.8) is 0 Å². The van der Waals surface area contributed by atoms with E-state index in [0.717, 1.165) is 29.7 Å². The Morgan fingerprint density at radius 3 is 2.55 bits per heavy atom. The minimum Gasteiger partial charge on any atom is -0.391 e. The second kappa shape index (κ2) is 6.13. The lowest BCUT2D eigenvalue weighted by Crippen LogP contribution is -2.36. The predicted molar refractivity (Wildman–Crippen MR) is 81.4 cm³/mol. The van der Waals surface area contributed by atoms with E-state index in [2.05, 4.69) is 11.6 Å². The molecule has 4 nitrogen and oxygen atoms in total. The Balaban J connectivity index is 2.06. The van der Waals surface area contributed by atoms with Crippen LogP contribution in [0.3, 0.4) is 0 Å². The van der Waals surface area contributed by atoms with Crippen LogP contribution in [0.15, 0.2) is 10.3 Å². The summed E-state index contributed by atoms with van der Waals surface area (Å²) in [6.45, 7) is 4.38. The maximum atomic E-state index is 12.3. The maximum absolute atomic E-state index is 12.3. The van der Waals surface area contributed by atoms with Gasteiger partial charge in [0.2, 0.25) is 10.0 Å². The maximum Gasteiger partial charge on any atom is 0.250 e. The molecule has 2 rings (SSSR count). The molecular weight excluding hydrogens is 294 g/mol. The lowest BCUT2D eigenvalue weighted by atomic mass is 9.76. The Bertz CT molecular complexity index is 557. The van der Waals surface area contributed by atoms with E-state index in [1.807, 2.05) is 6.92 Å². The first-order chi connectivity index (χ1) is 9.36. The van der Waals surface area contributed by atoms with Gasteiger partial charge in [0.05, 0.1) is 6.61 Å². The molecule has 0 spiro atoms. The molecule has 0 unspecified atom stereocenters. The highest BCUT2D eigenvalue weighted by Crippen LogP contribution is 2.35. The van der Waals surface area contributed by atoms with Crippen molar-refractivity contribution in [3.05, 3.63) is 16.5 Å². The molecule has 0 aliphatic heterocycles. The van der Waals surface area contributed by atoms with Crippen LogP contribution in [0.1, 0.15) is 49.5 Å². The first-order valence-electron chi connectivity index (χ1n) is 7.06. The molecule has 2 N–H and O–H groups in total. The van der Waals surface area contributed by atoms with Crippen LogP contribution in [0.25, 0.3) is 0 Å². The quantitative estimate of drug-likeness (QED) is 0.877. The minimum atomic E-state index is -3.45. The van der Waals surface area contributed by atoms with Crippen molar-refractivity contribution < 1.29 is 13.5 Å². The van der Waals surface area contributed by atoms with Crippen molar-refractivity contribution in [1.82, 2.24) is 4.72 Å². The van der Waals surface area contributed by atoms with Gasteiger partial charge in [0, 0.05) is 11.4 Å². The van der Waals surface area contributed by atoms with Gasteiger partial charge in [-0.3, -0.25) is 0 Å². The molecule has 1 aromatic heterocycles. The summed E-state index contributed by atoms with van der Waals surface area (Å²) in [7, 11) is -3.45. The fraction of sp³-hybridized carbons (Fsp3) is 0.714. The molecule has 1 saturated carbocycles. The van der Waals surface area contributed by atoms with Gasteiger partial charge in [-0.15, -0.1) is 11.3 Å². The number of aliphatic hydroxyl groups is 1. The molecule has 0 amide bonds. The average Bonchev–Trinajstić information content (AvgIpc) is 2.80. The summed E-state index contributed by atoms with van der Waals surface area (Å²) >= 11 is 1.15. The third-order valence-corrected chi connectivity index (χ3v) is 7.25. The van der Waals surface area contributed by atoms with E-state index < -0.39 is 10.0 Å². The zero-order chi connectivity index (χ0) is 14.8.